The Morgan fingerprint density at radius 3 is 2.83 bits per heavy atom. The molecule has 4 heteroatoms. The third-order valence-corrected chi connectivity index (χ3v) is 5.43. The lowest BCUT2D eigenvalue weighted by atomic mass is 10.0. The first kappa shape index (κ1) is 17.0. The van der Waals surface area contributed by atoms with Crippen LogP contribution in [0.4, 0.5) is 4.39 Å². The number of carbonyl (C=O) groups excluding carboxylic acids is 1. The fourth-order valence-electron chi connectivity index (χ4n) is 3.10. The summed E-state index contributed by atoms with van der Waals surface area (Å²) >= 11 is 1.43. The number of rotatable bonds is 6. The molecule has 126 valence electrons. The predicted molar refractivity (Wildman–Crippen MR) is 97.6 cm³/mol. The van der Waals surface area contributed by atoms with Crippen molar-refractivity contribution in [3.8, 4) is 0 Å². The van der Waals surface area contributed by atoms with Gasteiger partial charge in [-0.1, -0.05) is 36.4 Å². The Hall–Kier alpha value is -1.81. The highest BCUT2D eigenvalue weighted by atomic mass is 32.2. The number of amides is 1. The van der Waals surface area contributed by atoms with E-state index in [1.165, 1.54) is 41.8 Å². The SMILES string of the molecule is C[C@@H](NC(=O)CSCc1ccccc1F)c1ccc2c(c1)CCC2. The van der Waals surface area contributed by atoms with Gasteiger partial charge in [-0.2, -0.15) is 0 Å². The average molecular weight is 343 g/mol. The van der Waals surface area contributed by atoms with E-state index in [2.05, 4.69) is 23.5 Å². The van der Waals surface area contributed by atoms with Crippen molar-refractivity contribution in [1.29, 1.82) is 0 Å². The molecule has 0 saturated heterocycles. The molecule has 2 aromatic carbocycles. The van der Waals surface area contributed by atoms with Crippen LogP contribution in [0.15, 0.2) is 42.5 Å². The van der Waals surface area contributed by atoms with Gasteiger partial charge in [-0.25, -0.2) is 4.39 Å². The van der Waals surface area contributed by atoms with Gasteiger partial charge in [0.25, 0.3) is 0 Å². The van der Waals surface area contributed by atoms with Crippen LogP contribution < -0.4 is 5.32 Å². The summed E-state index contributed by atoms with van der Waals surface area (Å²) in [7, 11) is 0. The Morgan fingerprint density at radius 2 is 2.00 bits per heavy atom. The maximum absolute atomic E-state index is 13.5. The van der Waals surface area contributed by atoms with Crippen LogP contribution in [0.3, 0.4) is 0 Å². The molecule has 2 aromatic rings. The van der Waals surface area contributed by atoms with Gasteiger partial charge in [-0.3, -0.25) is 4.79 Å². The van der Waals surface area contributed by atoms with Gasteiger partial charge < -0.3 is 5.32 Å². The summed E-state index contributed by atoms with van der Waals surface area (Å²) in [6.45, 7) is 2.01. The molecule has 1 aliphatic carbocycles. The zero-order chi connectivity index (χ0) is 16.9. The summed E-state index contributed by atoms with van der Waals surface area (Å²) in [5, 5.41) is 3.03. The lowest BCUT2D eigenvalue weighted by Crippen LogP contribution is -2.28. The molecule has 3 rings (SSSR count). The van der Waals surface area contributed by atoms with Gasteiger partial charge in [0.05, 0.1) is 11.8 Å². The maximum atomic E-state index is 13.5. The number of benzene rings is 2. The Morgan fingerprint density at radius 1 is 1.21 bits per heavy atom. The van der Waals surface area contributed by atoms with E-state index in [4.69, 9.17) is 0 Å². The summed E-state index contributed by atoms with van der Waals surface area (Å²) in [6, 6.07) is 13.2. The molecule has 1 amide bonds. The first-order valence-corrected chi connectivity index (χ1v) is 9.51. The van der Waals surface area contributed by atoms with E-state index in [1.54, 1.807) is 12.1 Å². The van der Waals surface area contributed by atoms with Crippen molar-refractivity contribution in [3.63, 3.8) is 0 Å². The highest BCUT2D eigenvalue weighted by Gasteiger charge is 2.15. The molecule has 0 aromatic heterocycles. The summed E-state index contributed by atoms with van der Waals surface area (Å²) < 4.78 is 13.5. The number of halogens is 1. The summed E-state index contributed by atoms with van der Waals surface area (Å²) in [6.07, 6.45) is 3.54. The van der Waals surface area contributed by atoms with Crippen LogP contribution in [0.25, 0.3) is 0 Å². The molecule has 0 spiro atoms. The third kappa shape index (κ3) is 4.18. The van der Waals surface area contributed by atoms with Crippen molar-refractivity contribution in [2.24, 2.45) is 0 Å². The normalized spacial score (nSPS) is 14.2. The fourth-order valence-corrected chi connectivity index (χ4v) is 3.92. The predicted octanol–water partition coefficient (Wildman–Crippen LogP) is 4.43. The van der Waals surface area contributed by atoms with Crippen LogP contribution in [0, 0.1) is 5.82 Å². The highest BCUT2D eigenvalue weighted by molar-refractivity contribution is 7.99. The Kier molecular flexibility index (Phi) is 5.56. The van der Waals surface area contributed by atoms with E-state index in [-0.39, 0.29) is 17.8 Å². The smallest absolute Gasteiger partial charge is 0.230 e. The van der Waals surface area contributed by atoms with Crippen LogP contribution in [-0.2, 0) is 23.4 Å². The molecule has 0 unspecified atom stereocenters. The number of hydrogen-bond acceptors (Lipinski definition) is 2. The van der Waals surface area contributed by atoms with Gasteiger partial charge in [0.15, 0.2) is 0 Å². The summed E-state index contributed by atoms with van der Waals surface area (Å²) in [5.41, 5.74) is 4.66. The fraction of sp³-hybridized carbons (Fsp3) is 0.350. The minimum Gasteiger partial charge on any atom is -0.349 e. The summed E-state index contributed by atoms with van der Waals surface area (Å²) in [4.78, 5) is 12.1. The maximum Gasteiger partial charge on any atom is 0.230 e. The molecule has 0 aliphatic heterocycles. The first-order valence-electron chi connectivity index (χ1n) is 8.35. The lowest BCUT2D eigenvalue weighted by molar-refractivity contribution is -0.119. The largest absolute Gasteiger partial charge is 0.349 e. The van der Waals surface area contributed by atoms with Crippen molar-refractivity contribution in [3.05, 3.63) is 70.5 Å². The van der Waals surface area contributed by atoms with Crippen LogP contribution in [0.5, 0.6) is 0 Å². The van der Waals surface area contributed by atoms with Gasteiger partial charge in [0.1, 0.15) is 5.82 Å². The van der Waals surface area contributed by atoms with Gasteiger partial charge >= 0.3 is 0 Å². The molecule has 0 radical (unpaired) electrons. The first-order chi connectivity index (χ1) is 11.6. The van der Waals surface area contributed by atoms with E-state index in [9.17, 15) is 9.18 Å². The number of nitrogens with one attached hydrogen (secondary N) is 1. The molecule has 1 N–H and O–H groups in total. The van der Waals surface area contributed by atoms with Crippen LogP contribution in [0.1, 0.15) is 41.6 Å². The minimum absolute atomic E-state index is 0.00235. The molecule has 0 heterocycles. The molecule has 24 heavy (non-hydrogen) atoms. The van der Waals surface area contributed by atoms with E-state index in [1.807, 2.05) is 13.0 Å². The van der Waals surface area contributed by atoms with Crippen LogP contribution >= 0.6 is 11.8 Å². The second-order valence-corrected chi connectivity index (χ2v) is 7.24. The molecule has 2 nitrogen and oxygen atoms in total. The topological polar surface area (TPSA) is 29.1 Å². The molecular weight excluding hydrogens is 321 g/mol. The van der Waals surface area contributed by atoms with Crippen molar-refractivity contribution in [2.75, 3.05) is 5.75 Å². The molecule has 1 atom stereocenters. The van der Waals surface area contributed by atoms with Crippen molar-refractivity contribution in [2.45, 2.75) is 38.0 Å². The van der Waals surface area contributed by atoms with Crippen molar-refractivity contribution < 1.29 is 9.18 Å². The van der Waals surface area contributed by atoms with Gasteiger partial charge in [-0.15, -0.1) is 11.8 Å². The third-order valence-electron chi connectivity index (χ3n) is 4.45. The average Bonchev–Trinajstić information content (AvgIpc) is 3.04. The molecule has 0 bridgehead atoms. The van der Waals surface area contributed by atoms with E-state index >= 15 is 0 Å². The van der Waals surface area contributed by atoms with E-state index < -0.39 is 0 Å². The second-order valence-electron chi connectivity index (χ2n) is 6.26. The standard InChI is InChI=1S/C20H22FNOS/c1-14(16-10-9-15-6-4-7-17(15)11-16)22-20(23)13-24-12-18-5-2-3-8-19(18)21/h2-3,5,8-11,14H,4,6-7,12-13H2,1H3,(H,22,23)/t14-/m1/s1. The summed E-state index contributed by atoms with van der Waals surface area (Å²) in [5.74, 6) is 0.623. The molecule has 1 aliphatic rings. The van der Waals surface area contributed by atoms with Gasteiger partial charge in [-0.05, 0) is 54.5 Å². The van der Waals surface area contributed by atoms with Crippen molar-refractivity contribution >= 4 is 17.7 Å². The zero-order valence-electron chi connectivity index (χ0n) is 13.8. The number of thioether (sulfide) groups is 1. The molecule has 0 saturated carbocycles. The number of aryl methyl sites for hydroxylation is 2. The van der Waals surface area contributed by atoms with Crippen LogP contribution in [-0.4, -0.2) is 11.7 Å². The quantitative estimate of drug-likeness (QED) is 0.841. The van der Waals surface area contributed by atoms with E-state index in [0.29, 0.717) is 17.1 Å². The highest BCUT2D eigenvalue weighted by Crippen LogP contribution is 2.25. The van der Waals surface area contributed by atoms with Gasteiger partial charge in [0.2, 0.25) is 5.91 Å². The van der Waals surface area contributed by atoms with Gasteiger partial charge in [0, 0.05) is 5.75 Å². The van der Waals surface area contributed by atoms with Crippen LogP contribution in [0.2, 0.25) is 0 Å². The Labute approximate surface area is 146 Å². The number of hydrogen-bond donors (Lipinski definition) is 1. The number of carbonyl (C=O) groups is 1. The Balaban J connectivity index is 1.48. The molecular formula is C20H22FNOS. The Bertz CT molecular complexity index is 731. The number of fused-ring (bicyclic) bond motifs is 1. The molecule has 0 fully saturated rings. The second kappa shape index (κ2) is 7.84. The monoisotopic (exact) mass is 343 g/mol. The lowest BCUT2D eigenvalue weighted by Gasteiger charge is -2.15. The minimum atomic E-state index is -0.211. The van der Waals surface area contributed by atoms with E-state index in [0.717, 1.165) is 12.0 Å². The van der Waals surface area contributed by atoms with Crippen molar-refractivity contribution in [1.82, 2.24) is 5.32 Å². The zero-order valence-corrected chi connectivity index (χ0v) is 14.7.